The van der Waals surface area contributed by atoms with Gasteiger partial charge in [-0.25, -0.2) is 8.42 Å². The lowest BCUT2D eigenvalue weighted by atomic mass is 10.1. The summed E-state index contributed by atoms with van der Waals surface area (Å²) in [6.45, 7) is 2.33. The van der Waals surface area contributed by atoms with Gasteiger partial charge < -0.3 is 15.0 Å². The second kappa shape index (κ2) is 14.1. The Morgan fingerprint density at radius 3 is 2.22 bits per heavy atom. The van der Waals surface area contributed by atoms with E-state index < -0.39 is 56.9 Å². The van der Waals surface area contributed by atoms with E-state index in [0.717, 1.165) is 43.4 Å². The molecule has 242 valence electrons. The number of aryl methyl sites for hydroxylation is 1. The highest BCUT2D eigenvalue weighted by Crippen LogP contribution is 2.38. The van der Waals surface area contributed by atoms with Crippen LogP contribution in [0.25, 0.3) is 0 Å². The van der Waals surface area contributed by atoms with Gasteiger partial charge >= 0.3 is 6.18 Å². The van der Waals surface area contributed by atoms with Crippen LogP contribution in [0.3, 0.4) is 0 Å². The molecule has 4 rings (SSSR count). The fraction of sp³-hybridized carbons (Fsp3) is 0.375. The van der Waals surface area contributed by atoms with E-state index in [0.29, 0.717) is 21.7 Å². The second-order valence-corrected chi connectivity index (χ2v) is 13.3. The predicted octanol–water partition coefficient (Wildman–Crippen LogP) is 6.35. The van der Waals surface area contributed by atoms with Crippen LogP contribution in [-0.2, 0) is 32.3 Å². The quantitative estimate of drug-likeness (QED) is 0.258. The molecular weight excluding hydrogens is 631 g/mol. The van der Waals surface area contributed by atoms with Gasteiger partial charge in [-0.15, -0.1) is 0 Å². The van der Waals surface area contributed by atoms with Gasteiger partial charge in [0, 0.05) is 12.6 Å². The van der Waals surface area contributed by atoms with E-state index in [1.54, 1.807) is 43.3 Å². The SMILES string of the molecule is COc1ccc(CN(C(=O)CN(c2ccc(Cl)c(C(F)(F)F)c2)S(=O)(=O)c2ccc(C)cc2)C(C)C(=O)NC2CCCC2)cc1. The van der Waals surface area contributed by atoms with Crippen LogP contribution in [0, 0.1) is 6.92 Å². The number of carbonyl (C=O) groups is 2. The lowest BCUT2D eigenvalue weighted by Crippen LogP contribution is -2.52. The molecule has 3 aromatic carbocycles. The zero-order chi connectivity index (χ0) is 32.9. The third-order valence-electron chi connectivity index (χ3n) is 7.81. The van der Waals surface area contributed by atoms with Crippen molar-refractivity contribution in [2.75, 3.05) is 18.0 Å². The van der Waals surface area contributed by atoms with Crippen molar-refractivity contribution in [3.05, 3.63) is 88.4 Å². The smallest absolute Gasteiger partial charge is 0.417 e. The molecule has 0 radical (unpaired) electrons. The average molecular weight is 666 g/mol. The molecule has 8 nitrogen and oxygen atoms in total. The molecule has 0 aromatic heterocycles. The standard InChI is InChI=1S/C32H35ClF3N3O5S/c1-21-8-15-27(16-9-21)45(42,43)39(25-12-17-29(33)28(18-25)32(34,35)36)20-30(40)38(19-23-10-13-26(44-3)14-11-23)22(2)31(41)37-24-6-4-5-7-24/h8-18,22,24H,4-7,19-20H2,1-3H3,(H,37,41). The molecule has 1 atom stereocenters. The van der Waals surface area contributed by atoms with Crippen LogP contribution >= 0.6 is 11.6 Å². The van der Waals surface area contributed by atoms with Gasteiger partial charge in [0.2, 0.25) is 11.8 Å². The van der Waals surface area contributed by atoms with Gasteiger partial charge in [-0.1, -0.05) is 54.3 Å². The maximum atomic E-state index is 14.1. The molecule has 1 N–H and O–H groups in total. The van der Waals surface area contributed by atoms with Crippen LogP contribution in [0.2, 0.25) is 5.02 Å². The highest BCUT2D eigenvalue weighted by atomic mass is 35.5. The van der Waals surface area contributed by atoms with Gasteiger partial charge in [-0.05, 0) is 74.7 Å². The number of nitrogens with zero attached hydrogens (tertiary/aromatic N) is 2. The monoisotopic (exact) mass is 665 g/mol. The van der Waals surface area contributed by atoms with Gasteiger partial charge in [0.1, 0.15) is 18.3 Å². The van der Waals surface area contributed by atoms with Gasteiger partial charge in [0.15, 0.2) is 0 Å². The zero-order valence-electron chi connectivity index (χ0n) is 25.1. The Hall–Kier alpha value is -3.77. The minimum absolute atomic E-state index is 0.0360. The first-order valence-electron chi connectivity index (χ1n) is 14.4. The van der Waals surface area contributed by atoms with Crippen LogP contribution in [0.5, 0.6) is 5.75 Å². The molecule has 3 aromatic rings. The van der Waals surface area contributed by atoms with Gasteiger partial charge in [-0.3, -0.25) is 13.9 Å². The molecule has 0 saturated heterocycles. The minimum Gasteiger partial charge on any atom is -0.497 e. The predicted molar refractivity (Wildman–Crippen MR) is 166 cm³/mol. The number of anilines is 1. The Morgan fingerprint density at radius 2 is 1.64 bits per heavy atom. The van der Waals surface area contributed by atoms with Crippen molar-refractivity contribution >= 4 is 39.1 Å². The number of ether oxygens (including phenoxy) is 1. The maximum Gasteiger partial charge on any atom is 0.417 e. The topological polar surface area (TPSA) is 96.0 Å². The van der Waals surface area contributed by atoms with Gasteiger partial charge in [0.05, 0.1) is 28.3 Å². The number of methoxy groups -OCH3 is 1. The van der Waals surface area contributed by atoms with E-state index in [9.17, 15) is 31.2 Å². The Morgan fingerprint density at radius 1 is 1.02 bits per heavy atom. The summed E-state index contributed by atoms with van der Waals surface area (Å²) in [7, 11) is -3.06. The first-order valence-corrected chi connectivity index (χ1v) is 16.2. The van der Waals surface area contributed by atoms with E-state index in [4.69, 9.17) is 16.3 Å². The van der Waals surface area contributed by atoms with E-state index in [1.807, 2.05) is 0 Å². The van der Waals surface area contributed by atoms with Crippen LogP contribution in [0.15, 0.2) is 71.6 Å². The molecule has 1 unspecified atom stereocenters. The number of carbonyl (C=O) groups excluding carboxylic acids is 2. The number of hydrogen-bond acceptors (Lipinski definition) is 5. The number of halogens is 4. The summed E-state index contributed by atoms with van der Waals surface area (Å²) in [5.74, 6) is -0.635. The highest BCUT2D eigenvalue weighted by molar-refractivity contribution is 7.92. The Balaban J connectivity index is 1.75. The van der Waals surface area contributed by atoms with Crippen molar-refractivity contribution in [1.82, 2.24) is 10.2 Å². The summed E-state index contributed by atoms with van der Waals surface area (Å²) in [4.78, 5) is 28.4. The summed E-state index contributed by atoms with van der Waals surface area (Å²) < 4.78 is 75.2. The van der Waals surface area contributed by atoms with Crippen molar-refractivity contribution in [3.63, 3.8) is 0 Å². The molecule has 0 heterocycles. The number of nitrogens with one attached hydrogen (secondary N) is 1. The maximum absolute atomic E-state index is 14.1. The Labute approximate surface area is 266 Å². The fourth-order valence-electron chi connectivity index (χ4n) is 5.15. The third kappa shape index (κ3) is 8.29. The van der Waals surface area contributed by atoms with Crippen molar-refractivity contribution in [2.45, 2.75) is 69.2 Å². The van der Waals surface area contributed by atoms with E-state index in [-0.39, 0.29) is 17.5 Å². The first-order chi connectivity index (χ1) is 21.2. The molecule has 13 heteroatoms. The number of benzene rings is 3. The van der Waals surface area contributed by atoms with Gasteiger partial charge in [-0.2, -0.15) is 13.2 Å². The molecule has 2 amide bonds. The normalized spacial score (nSPS) is 14.6. The summed E-state index contributed by atoms with van der Waals surface area (Å²) in [5.41, 5.74) is -0.274. The number of rotatable bonds is 11. The van der Waals surface area contributed by atoms with Crippen molar-refractivity contribution < 1.29 is 35.9 Å². The number of hydrogen-bond donors (Lipinski definition) is 1. The number of amides is 2. The van der Waals surface area contributed by atoms with Crippen LogP contribution in [-0.4, -0.2) is 50.9 Å². The molecule has 45 heavy (non-hydrogen) atoms. The fourth-order valence-corrected chi connectivity index (χ4v) is 6.78. The molecular formula is C32H35ClF3N3O5S. The molecule has 1 fully saturated rings. The highest BCUT2D eigenvalue weighted by Gasteiger charge is 2.37. The van der Waals surface area contributed by atoms with Crippen LogP contribution in [0.1, 0.15) is 49.3 Å². The molecule has 1 aliphatic carbocycles. The first kappa shape index (κ1) is 34.1. The summed E-state index contributed by atoms with van der Waals surface area (Å²) in [6.07, 6.45) is -1.32. The lowest BCUT2D eigenvalue weighted by Gasteiger charge is -2.32. The summed E-state index contributed by atoms with van der Waals surface area (Å²) in [5, 5.41) is 2.35. The van der Waals surface area contributed by atoms with Crippen molar-refractivity contribution in [2.24, 2.45) is 0 Å². The summed E-state index contributed by atoms with van der Waals surface area (Å²) in [6, 6.07) is 14.1. The molecule has 1 saturated carbocycles. The number of sulfonamides is 1. The second-order valence-electron chi connectivity index (χ2n) is 11.0. The summed E-state index contributed by atoms with van der Waals surface area (Å²) >= 11 is 5.83. The van der Waals surface area contributed by atoms with Crippen LogP contribution < -0.4 is 14.4 Å². The minimum atomic E-state index is -4.89. The lowest BCUT2D eigenvalue weighted by molar-refractivity contribution is -0.139. The van der Waals surface area contributed by atoms with Crippen molar-refractivity contribution in [1.29, 1.82) is 0 Å². The van der Waals surface area contributed by atoms with Crippen molar-refractivity contribution in [3.8, 4) is 5.75 Å². The van der Waals surface area contributed by atoms with E-state index in [1.165, 1.54) is 31.1 Å². The van der Waals surface area contributed by atoms with E-state index >= 15 is 0 Å². The van der Waals surface area contributed by atoms with E-state index in [2.05, 4.69) is 5.32 Å². The zero-order valence-corrected chi connectivity index (χ0v) is 26.7. The Kier molecular flexibility index (Phi) is 10.7. The third-order valence-corrected chi connectivity index (χ3v) is 9.93. The molecule has 0 aliphatic heterocycles. The van der Waals surface area contributed by atoms with Crippen LogP contribution in [0.4, 0.5) is 18.9 Å². The largest absolute Gasteiger partial charge is 0.497 e. The average Bonchev–Trinajstić information content (AvgIpc) is 3.51. The number of alkyl halides is 3. The Bertz CT molecular complexity index is 1610. The molecule has 0 bridgehead atoms. The molecule has 0 spiro atoms. The molecule has 1 aliphatic rings. The van der Waals surface area contributed by atoms with Gasteiger partial charge in [0.25, 0.3) is 10.0 Å².